The summed E-state index contributed by atoms with van der Waals surface area (Å²) in [6, 6.07) is 8.68. The van der Waals surface area contributed by atoms with Crippen molar-refractivity contribution in [3.63, 3.8) is 0 Å². The number of carbonyl (C=O) groups is 1. The van der Waals surface area contributed by atoms with Crippen LogP contribution in [0.4, 0.5) is 13.2 Å². The van der Waals surface area contributed by atoms with Gasteiger partial charge in [0, 0.05) is 5.56 Å². The Bertz CT molecular complexity index is 965. The fourth-order valence-electron chi connectivity index (χ4n) is 2.71. The Morgan fingerprint density at radius 1 is 1.11 bits per heavy atom. The minimum atomic E-state index is -5.95. The molecule has 0 fully saturated rings. The lowest BCUT2D eigenvalue weighted by Gasteiger charge is -2.19. The first-order chi connectivity index (χ1) is 13.1. The molecular weight excluding hydrogens is 397 g/mol. The third kappa shape index (κ3) is 4.30. The molecule has 0 aliphatic carbocycles. The van der Waals surface area contributed by atoms with E-state index in [1.807, 2.05) is 19.1 Å². The fraction of sp³-hybridized carbons (Fsp3) is 0.316. The average Bonchev–Trinajstić information content (AvgIpc) is 2.62. The van der Waals surface area contributed by atoms with Crippen LogP contribution in [0.5, 0.6) is 11.5 Å². The monoisotopic (exact) mass is 416 g/mol. The van der Waals surface area contributed by atoms with Gasteiger partial charge >= 0.3 is 15.6 Å². The molecule has 28 heavy (non-hydrogen) atoms. The van der Waals surface area contributed by atoms with E-state index in [9.17, 15) is 26.4 Å². The summed E-state index contributed by atoms with van der Waals surface area (Å²) in [7, 11) is -4.71. The maximum absolute atomic E-state index is 12.8. The molecule has 0 radical (unpaired) electrons. The van der Waals surface area contributed by atoms with Crippen molar-refractivity contribution < 1.29 is 35.3 Å². The van der Waals surface area contributed by atoms with Crippen LogP contribution < -0.4 is 8.92 Å². The van der Waals surface area contributed by atoms with Gasteiger partial charge in [-0.1, -0.05) is 43.2 Å². The number of hydrogen-bond donors (Lipinski definition) is 0. The number of hydrogen-bond acceptors (Lipinski definition) is 5. The van der Waals surface area contributed by atoms with Crippen molar-refractivity contribution in [3.05, 3.63) is 47.0 Å². The van der Waals surface area contributed by atoms with Crippen LogP contribution in [-0.4, -0.2) is 27.3 Å². The van der Waals surface area contributed by atoms with E-state index in [2.05, 4.69) is 4.18 Å². The molecule has 2 aromatic carbocycles. The van der Waals surface area contributed by atoms with Gasteiger partial charge in [0.1, 0.15) is 11.3 Å². The smallest absolute Gasteiger partial charge is 0.495 e. The second-order valence-corrected chi connectivity index (χ2v) is 7.61. The summed E-state index contributed by atoms with van der Waals surface area (Å²) in [4.78, 5) is 11.7. The van der Waals surface area contributed by atoms with E-state index in [0.717, 1.165) is 5.56 Å². The highest BCUT2D eigenvalue weighted by Crippen LogP contribution is 2.42. The molecule has 0 unspecified atom stereocenters. The molecule has 0 spiro atoms. The second kappa shape index (κ2) is 8.22. The van der Waals surface area contributed by atoms with Gasteiger partial charge < -0.3 is 8.92 Å². The zero-order valence-corrected chi connectivity index (χ0v) is 16.3. The molecular formula is C19H19F3O5S. The van der Waals surface area contributed by atoms with Crippen LogP contribution >= 0.6 is 0 Å². The Morgan fingerprint density at radius 2 is 1.71 bits per heavy atom. The molecule has 9 heteroatoms. The zero-order chi connectivity index (χ0) is 21.1. The highest BCUT2D eigenvalue weighted by molar-refractivity contribution is 7.88. The van der Waals surface area contributed by atoms with Crippen molar-refractivity contribution in [2.75, 3.05) is 7.11 Å². The first kappa shape index (κ1) is 21.7. The Morgan fingerprint density at radius 3 is 2.18 bits per heavy atom. The summed E-state index contributed by atoms with van der Waals surface area (Å²) in [6.45, 7) is 3.65. The molecule has 0 aliphatic rings. The molecule has 0 bridgehead atoms. The lowest BCUT2D eigenvalue weighted by molar-refractivity contribution is -0.0500. The number of benzene rings is 2. The molecule has 0 N–H and O–H groups in total. The van der Waals surface area contributed by atoms with Crippen LogP contribution in [-0.2, 0) is 16.5 Å². The molecule has 0 aromatic heterocycles. The summed E-state index contributed by atoms with van der Waals surface area (Å²) in [5.41, 5.74) is -3.76. The lowest BCUT2D eigenvalue weighted by Crippen LogP contribution is -2.29. The lowest BCUT2D eigenvalue weighted by atomic mass is 9.95. The van der Waals surface area contributed by atoms with Gasteiger partial charge in [0.05, 0.1) is 7.11 Å². The van der Waals surface area contributed by atoms with Crippen molar-refractivity contribution in [2.24, 2.45) is 0 Å². The van der Waals surface area contributed by atoms with Crippen LogP contribution in [0.25, 0.3) is 11.1 Å². The van der Waals surface area contributed by atoms with E-state index in [0.29, 0.717) is 17.5 Å². The number of aldehydes is 1. The van der Waals surface area contributed by atoms with Gasteiger partial charge in [-0.2, -0.15) is 21.6 Å². The summed E-state index contributed by atoms with van der Waals surface area (Å²) >= 11 is 0. The van der Waals surface area contributed by atoms with E-state index in [4.69, 9.17) is 4.74 Å². The number of alkyl halides is 3. The SMILES string of the molecule is CCCc1cc(-c2ccc(C)cc2)c(OC)c(C=O)c1OS(=O)(=O)C(F)(F)F. The summed E-state index contributed by atoms with van der Waals surface area (Å²) in [5, 5.41) is 0. The van der Waals surface area contributed by atoms with Gasteiger partial charge in [-0.05, 0) is 30.5 Å². The second-order valence-electron chi connectivity index (χ2n) is 6.08. The van der Waals surface area contributed by atoms with Gasteiger partial charge in [0.2, 0.25) is 0 Å². The van der Waals surface area contributed by atoms with Crippen LogP contribution in [0.3, 0.4) is 0 Å². The van der Waals surface area contributed by atoms with Crippen molar-refractivity contribution >= 4 is 16.4 Å². The van der Waals surface area contributed by atoms with E-state index in [1.54, 1.807) is 19.1 Å². The van der Waals surface area contributed by atoms with Crippen molar-refractivity contribution in [3.8, 4) is 22.6 Å². The highest BCUT2D eigenvalue weighted by atomic mass is 32.2. The largest absolute Gasteiger partial charge is 0.534 e. The molecule has 0 amide bonds. The Hall–Kier alpha value is -2.55. The van der Waals surface area contributed by atoms with Crippen LogP contribution in [0.2, 0.25) is 0 Å². The molecule has 0 saturated carbocycles. The van der Waals surface area contributed by atoms with Gasteiger partial charge in [-0.3, -0.25) is 4.79 Å². The topological polar surface area (TPSA) is 69.7 Å². The van der Waals surface area contributed by atoms with E-state index in [1.165, 1.54) is 13.2 Å². The van der Waals surface area contributed by atoms with E-state index in [-0.39, 0.29) is 24.0 Å². The molecule has 0 aliphatic heterocycles. The van der Waals surface area contributed by atoms with Gasteiger partial charge in [0.15, 0.2) is 12.0 Å². The Labute approximate surface area is 161 Å². The first-order valence-electron chi connectivity index (χ1n) is 8.32. The number of methoxy groups -OCH3 is 1. The average molecular weight is 416 g/mol. The molecule has 2 aromatic rings. The summed E-state index contributed by atoms with van der Waals surface area (Å²) in [6.07, 6.45) is 0.920. The van der Waals surface area contributed by atoms with Crippen LogP contribution in [0.15, 0.2) is 30.3 Å². The third-order valence-electron chi connectivity index (χ3n) is 4.02. The maximum atomic E-state index is 12.8. The molecule has 2 rings (SSSR count). The zero-order valence-electron chi connectivity index (χ0n) is 15.5. The summed E-state index contributed by atoms with van der Waals surface area (Å²) < 4.78 is 71.1. The molecule has 152 valence electrons. The Balaban J connectivity index is 2.78. The standard InChI is InChI=1S/C19H19F3O5S/c1-4-5-14-10-15(13-8-6-12(2)7-9-13)18(26-3)16(11-23)17(14)27-28(24,25)19(20,21)22/h6-11H,4-5H2,1-3H3. The maximum Gasteiger partial charge on any atom is 0.534 e. The predicted octanol–water partition coefficient (Wildman–Crippen LogP) is 4.66. The third-order valence-corrected chi connectivity index (χ3v) is 4.98. The molecule has 0 atom stereocenters. The Kier molecular flexibility index (Phi) is 6.38. The molecule has 5 nitrogen and oxygen atoms in total. The number of rotatable bonds is 7. The van der Waals surface area contributed by atoms with Gasteiger partial charge in [0.25, 0.3) is 0 Å². The van der Waals surface area contributed by atoms with Crippen molar-refractivity contribution in [1.29, 1.82) is 0 Å². The normalized spacial score (nSPS) is 11.9. The van der Waals surface area contributed by atoms with Crippen LogP contribution in [0, 0.1) is 6.92 Å². The van der Waals surface area contributed by atoms with E-state index < -0.39 is 26.9 Å². The van der Waals surface area contributed by atoms with Gasteiger partial charge in [-0.15, -0.1) is 0 Å². The number of halogens is 3. The van der Waals surface area contributed by atoms with Gasteiger partial charge in [-0.25, -0.2) is 0 Å². The van der Waals surface area contributed by atoms with Crippen LogP contribution in [0.1, 0.15) is 34.8 Å². The molecule has 0 heterocycles. The van der Waals surface area contributed by atoms with Crippen molar-refractivity contribution in [2.45, 2.75) is 32.2 Å². The molecule has 0 saturated heterocycles. The number of ether oxygens (including phenoxy) is 1. The van der Waals surface area contributed by atoms with Crippen molar-refractivity contribution in [1.82, 2.24) is 0 Å². The minimum Gasteiger partial charge on any atom is -0.495 e. The number of carbonyl (C=O) groups excluding carboxylic acids is 1. The fourth-order valence-corrected chi connectivity index (χ4v) is 3.22. The predicted molar refractivity (Wildman–Crippen MR) is 98.2 cm³/mol. The number of aryl methyl sites for hydroxylation is 2. The first-order valence-corrected chi connectivity index (χ1v) is 9.73. The highest BCUT2D eigenvalue weighted by Gasteiger charge is 2.49. The van der Waals surface area contributed by atoms with E-state index >= 15 is 0 Å². The minimum absolute atomic E-state index is 0.0638. The quantitative estimate of drug-likeness (QED) is 0.373. The summed E-state index contributed by atoms with van der Waals surface area (Å²) in [5.74, 6) is -0.729.